The number of anilines is 1. The average molecular weight is 401 g/mol. The minimum atomic E-state index is -1.67. The van der Waals surface area contributed by atoms with Gasteiger partial charge in [0, 0.05) is 24.3 Å². The molecule has 1 aromatic heterocycles. The molecule has 1 aliphatic rings. The highest BCUT2D eigenvalue weighted by Crippen LogP contribution is 2.32. The van der Waals surface area contributed by atoms with Gasteiger partial charge in [-0.3, -0.25) is 4.79 Å². The topological polar surface area (TPSA) is 97.8 Å². The van der Waals surface area contributed by atoms with Gasteiger partial charge >= 0.3 is 6.16 Å². The van der Waals surface area contributed by atoms with Crippen molar-refractivity contribution in [3.05, 3.63) is 64.5 Å². The molecule has 4 rings (SSSR count). The number of pyridine rings is 1. The van der Waals surface area contributed by atoms with Crippen molar-refractivity contribution in [1.82, 2.24) is 4.57 Å². The zero-order valence-electron chi connectivity index (χ0n) is 15.3. The van der Waals surface area contributed by atoms with E-state index in [0.717, 1.165) is 6.07 Å². The lowest BCUT2D eigenvalue weighted by atomic mass is 9.97. The van der Waals surface area contributed by atoms with E-state index in [-0.39, 0.29) is 23.2 Å². The number of carbonyl (C=O) groups is 1. The number of nitrogens with zero attached hydrogens (tertiary/aromatic N) is 2. The van der Waals surface area contributed by atoms with Crippen molar-refractivity contribution in [3.8, 4) is 11.4 Å². The Balaban J connectivity index is 1.99. The Hall–Kier alpha value is -3.46. The molecule has 1 aliphatic heterocycles. The minimum Gasteiger partial charge on any atom is -0.449 e. The lowest BCUT2D eigenvalue weighted by molar-refractivity contribution is 0.144. The fourth-order valence-corrected chi connectivity index (χ4v) is 3.47. The Morgan fingerprint density at radius 3 is 2.52 bits per heavy atom. The van der Waals surface area contributed by atoms with Gasteiger partial charge in [-0.1, -0.05) is 0 Å². The highest BCUT2D eigenvalue weighted by atomic mass is 19.1. The van der Waals surface area contributed by atoms with Crippen molar-refractivity contribution >= 4 is 22.7 Å². The molecule has 29 heavy (non-hydrogen) atoms. The van der Waals surface area contributed by atoms with Crippen molar-refractivity contribution in [3.63, 3.8) is 0 Å². The molecule has 9 heteroatoms. The Morgan fingerprint density at radius 2 is 1.93 bits per heavy atom. The van der Waals surface area contributed by atoms with Crippen LogP contribution >= 0.6 is 0 Å². The molecule has 0 saturated carbocycles. The van der Waals surface area contributed by atoms with E-state index >= 15 is 0 Å². The summed E-state index contributed by atoms with van der Waals surface area (Å²) in [5.74, 6) is -1.58. The maximum Gasteiger partial charge on any atom is 0.511 e. The third kappa shape index (κ3) is 3.19. The van der Waals surface area contributed by atoms with Crippen molar-refractivity contribution in [2.45, 2.75) is 19.0 Å². The summed E-state index contributed by atoms with van der Waals surface area (Å²) < 4.78 is 34.2. The Kier molecular flexibility index (Phi) is 4.46. The molecule has 0 aliphatic carbocycles. The molecule has 3 aromatic rings. The third-order valence-electron chi connectivity index (χ3n) is 5.17. The molecule has 3 N–H and O–H groups in total. The molecular weight excluding hydrogens is 384 g/mol. The van der Waals surface area contributed by atoms with Crippen LogP contribution in [0.5, 0.6) is 5.75 Å². The number of halogens is 2. The SMILES string of the molecule is C[C@@H]1[C@@H](N)CN1c1cc2c(cc1F)c(=O)c(OC(=O)O)cn2-c1ccc(F)cc1. The lowest BCUT2D eigenvalue weighted by Crippen LogP contribution is -2.63. The number of fused-ring (bicyclic) bond motifs is 1. The summed E-state index contributed by atoms with van der Waals surface area (Å²) in [6.45, 7) is 2.33. The van der Waals surface area contributed by atoms with Crippen LogP contribution in [0.15, 0.2) is 47.4 Å². The van der Waals surface area contributed by atoms with Gasteiger partial charge in [0.05, 0.1) is 22.8 Å². The Morgan fingerprint density at radius 1 is 1.24 bits per heavy atom. The standard InChI is InChI=1S/C20H17F2N3O4/c1-10-15(23)8-24(10)17-7-16-13(6-14(17)22)19(26)18(29-20(27)28)9-25(16)12-4-2-11(21)3-5-12/h2-7,9-10,15H,8,23H2,1H3,(H,27,28)/t10-,15+/m1/s1. The third-order valence-corrected chi connectivity index (χ3v) is 5.17. The first-order chi connectivity index (χ1) is 13.8. The predicted molar refractivity (Wildman–Crippen MR) is 103 cm³/mol. The van der Waals surface area contributed by atoms with Crippen LogP contribution < -0.4 is 20.8 Å². The number of hydrogen-bond donors (Lipinski definition) is 2. The largest absolute Gasteiger partial charge is 0.511 e. The second-order valence-corrected chi connectivity index (χ2v) is 6.91. The van der Waals surface area contributed by atoms with Gasteiger partial charge in [0.25, 0.3) is 0 Å². The quantitative estimate of drug-likeness (QED) is 0.655. The highest BCUT2D eigenvalue weighted by Gasteiger charge is 2.34. The molecule has 2 heterocycles. The summed E-state index contributed by atoms with van der Waals surface area (Å²) in [6.07, 6.45) is -0.480. The van der Waals surface area contributed by atoms with Crippen LogP contribution in [0.25, 0.3) is 16.6 Å². The number of aromatic nitrogens is 1. The number of rotatable bonds is 3. The molecule has 0 spiro atoms. The number of hydrogen-bond acceptors (Lipinski definition) is 5. The van der Waals surface area contributed by atoms with E-state index in [1.54, 1.807) is 4.90 Å². The van der Waals surface area contributed by atoms with E-state index < -0.39 is 29.0 Å². The molecule has 0 unspecified atom stereocenters. The summed E-state index contributed by atoms with van der Waals surface area (Å²) in [7, 11) is 0. The summed E-state index contributed by atoms with van der Waals surface area (Å²) >= 11 is 0. The molecule has 2 aromatic carbocycles. The van der Waals surface area contributed by atoms with Crippen LogP contribution in [0.1, 0.15) is 6.92 Å². The monoisotopic (exact) mass is 401 g/mol. The van der Waals surface area contributed by atoms with Gasteiger partial charge in [-0.2, -0.15) is 0 Å². The van der Waals surface area contributed by atoms with E-state index in [1.807, 2.05) is 6.92 Å². The van der Waals surface area contributed by atoms with E-state index in [1.165, 1.54) is 41.1 Å². The van der Waals surface area contributed by atoms with Gasteiger partial charge in [-0.15, -0.1) is 0 Å². The maximum atomic E-state index is 14.8. The van der Waals surface area contributed by atoms with E-state index in [4.69, 9.17) is 10.8 Å². The number of benzene rings is 2. The predicted octanol–water partition coefficient (Wildman–Crippen LogP) is 2.86. The van der Waals surface area contributed by atoms with Gasteiger partial charge in [0.15, 0.2) is 5.75 Å². The van der Waals surface area contributed by atoms with Gasteiger partial charge in [0.2, 0.25) is 5.43 Å². The number of carboxylic acid groups (broad SMARTS) is 1. The molecule has 0 bridgehead atoms. The normalized spacial score (nSPS) is 18.6. The molecule has 1 fully saturated rings. The van der Waals surface area contributed by atoms with Crippen molar-refractivity contribution in [1.29, 1.82) is 0 Å². The van der Waals surface area contributed by atoms with Gasteiger partial charge in [0.1, 0.15) is 11.6 Å². The molecule has 1 saturated heterocycles. The smallest absolute Gasteiger partial charge is 0.449 e. The number of ether oxygens (including phenoxy) is 1. The first-order valence-corrected chi connectivity index (χ1v) is 8.84. The first-order valence-electron chi connectivity index (χ1n) is 8.84. The van der Waals surface area contributed by atoms with Gasteiger partial charge in [-0.05, 0) is 43.3 Å². The fourth-order valence-electron chi connectivity index (χ4n) is 3.47. The van der Waals surface area contributed by atoms with Crippen molar-refractivity contribution in [2.24, 2.45) is 5.73 Å². The van der Waals surface area contributed by atoms with Crippen molar-refractivity contribution < 1.29 is 23.4 Å². The Labute approximate surface area is 163 Å². The summed E-state index contributed by atoms with van der Waals surface area (Å²) in [5, 5.41) is 8.85. The fraction of sp³-hybridized carbons (Fsp3) is 0.200. The first kappa shape index (κ1) is 18.9. The summed E-state index contributed by atoms with van der Waals surface area (Å²) in [4.78, 5) is 25.4. The van der Waals surface area contributed by atoms with Crippen molar-refractivity contribution in [2.75, 3.05) is 11.4 Å². The van der Waals surface area contributed by atoms with Crippen LogP contribution in [-0.4, -0.2) is 34.5 Å². The second-order valence-electron chi connectivity index (χ2n) is 6.91. The van der Waals surface area contributed by atoms with Gasteiger partial charge < -0.3 is 25.0 Å². The second kappa shape index (κ2) is 6.85. The average Bonchev–Trinajstić information content (AvgIpc) is 2.68. The van der Waals surface area contributed by atoms with E-state index in [2.05, 4.69) is 4.74 Å². The molecular formula is C20H17F2N3O4. The summed E-state index contributed by atoms with van der Waals surface area (Å²) in [5.41, 5.74) is 6.18. The molecule has 150 valence electrons. The van der Waals surface area contributed by atoms with Crippen LogP contribution in [0, 0.1) is 11.6 Å². The number of nitrogens with two attached hydrogens (primary N) is 1. The minimum absolute atomic E-state index is 0.0631. The van der Waals surface area contributed by atoms with Crippen LogP contribution in [0.4, 0.5) is 19.3 Å². The zero-order chi connectivity index (χ0) is 20.9. The molecule has 7 nitrogen and oxygen atoms in total. The van der Waals surface area contributed by atoms with Crippen LogP contribution in [-0.2, 0) is 0 Å². The zero-order valence-corrected chi connectivity index (χ0v) is 15.3. The van der Waals surface area contributed by atoms with E-state index in [0.29, 0.717) is 17.7 Å². The van der Waals surface area contributed by atoms with Gasteiger partial charge in [-0.25, -0.2) is 13.6 Å². The molecule has 0 radical (unpaired) electrons. The van der Waals surface area contributed by atoms with Crippen LogP contribution in [0.3, 0.4) is 0 Å². The lowest BCUT2D eigenvalue weighted by Gasteiger charge is -2.46. The van der Waals surface area contributed by atoms with Crippen LogP contribution in [0.2, 0.25) is 0 Å². The maximum absolute atomic E-state index is 14.8. The Bertz CT molecular complexity index is 1180. The highest BCUT2D eigenvalue weighted by molar-refractivity contribution is 5.86. The molecule has 2 atom stereocenters. The molecule has 0 amide bonds. The van der Waals surface area contributed by atoms with E-state index in [9.17, 15) is 18.4 Å². The summed E-state index contributed by atoms with van der Waals surface area (Å²) in [6, 6.07) is 7.74.